The molecule has 5 N–H and O–H groups in total. The fourth-order valence-electron chi connectivity index (χ4n) is 1.34. The zero-order valence-corrected chi connectivity index (χ0v) is 13.3. The van der Waals surface area contributed by atoms with Crippen LogP contribution in [0, 0.1) is 10.1 Å². The van der Waals surface area contributed by atoms with E-state index >= 15 is 0 Å². The molecule has 0 aliphatic heterocycles. The summed E-state index contributed by atoms with van der Waals surface area (Å²) in [7, 11) is -4.03. The van der Waals surface area contributed by atoms with Gasteiger partial charge in [0.15, 0.2) is 5.11 Å². The molecule has 1 aromatic carbocycles. The van der Waals surface area contributed by atoms with Gasteiger partial charge in [0.2, 0.25) is 10.0 Å². The molecule has 11 heteroatoms. The lowest BCUT2D eigenvalue weighted by molar-refractivity contribution is -0.384. The molecule has 120 valence electrons. The van der Waals surface area contributed by atoms with E-state index in [9.17, 15) is 18.5 Å². The maximum absolute atomic E-state index is 11.2. The van der Waals surface area contributed by atoms with Gasteiger partial charge >= 0.3 is 0 Å². The van der Waals surface area contributed by atoms with E-state index in [-0.39, 0.29) is 15.7 Å². The third-order valence-electron chi connectivity index (χ3n) is 2.36. The highest BCUT2D eigenvalue weighted by Gasteiger charge is 2.19. The molecule has 0 aromatic heterocycles. The van der Waals surface area contributed by atoms with Crippen molar-refractivity contribution in [2.24, 2.45) is 5.14 Å². The third kappa shape index (κ3) is 5.27. The van der Waals surface area contributed by atoms with E-state index in [0.717, 1.165) is 17.7 Å². The summed E-state index contributed by atoms with van der Waals surface area (Å²) in [5, 5.41) is 19.0. The minimum absolute atomic E-state index is 0.0388. The van der Waals surface area contributed by atoms with Crippen molar-refractivity contribution in [3.63, 3.8) is 0 Å². The smallest absolute Gasteiger partial charge is 0.295 e. The van der Waals surface area contributed by atoms with Gasteiger partial charge in [0, 0.05) is 12.6 Å². The molecular weight excluding hydrogens is 330 g/mol. The molecule has 1 rings (SSSR count). The standard InChI is InChI=1S/C11H15N5O4S2/c1-7(2)6-13-11(21)15-14-9-4-3-8(22(12,19)20)5-10(9)16(17)18/h3-5,14H,1,6H2,2H3,(H2,12,19,20)(H2,13,15,21). The quantitative estimate of drug-likeness (QED) is 0.254. The number of nitrogens with two attached hydrogens (primary N) is 1. The molecule has 0 saturated carbocycles. The Labute approximate surface area is 132 Å². The van der Waals surface area contributed by atoms with Crippen LogP contribution in [0.2, 0.25) is 0 Å². The van der Waals surface area contributed by atoms with E-state index in [4.69, 9.17) is 17.4 Å². The number of nitro groups is 1. The fourth-order valence-corrected chi connectivity index (χ4v) is 2.00. The van der Waals surface area contributed by atoms with Crippen molar-refractivity contribution in [2.45, 2.75) is 11.8 Å². The second-order valence-corrected chi connectivity index (χ2v) is 6.34. The van der Waals surface area contributed by atoms with Crippen LogP contribution < -0.4 is 21.3 Å². The van der Waals surface area contributed by atoms with E-state index < -0.39 is 20.6 Å². The maximum Gasteiger partial charge on any atom is 0.295 e. The Bertz CT molecular complexity index is 717. The molecule has 1 aromatic rings. The first-order valence-corrected chi connectivity index (χ1v) is 7.82. The number of sulfonamides is 1. The van der Waals surface area contributed by atoms with Crippen LogP contribution in [0.5, 0.6) is 0 Å². The Morgan fingerprint density at radius 2 is 2.14 bits per heavy atom. The van der Waals surface area contributed by atoms with Crippen LogP contribution in [-0.2, 0) is 10.0 Å². The number of thiocarbonyl (C=S) groups is 1. The summed E-state index contributed by atoms with van der Waals surface area (Å²) < 4.78 is 22.4. The van der Waals surface area contributed by atoms with Crippen molar-refractivity contribution in [3.8, 4) is 0 Å². The lowest BCUT2D eigenvalue weighted by Crippen LogP contribution is -2.39. The first-order valence-electron chi connectivity index (χ1n) is 5.86. The normalized spacial score (nSPS) is 10.6. The monoisotopic (exact) mass is 345 g/mol. The second-order valence-electron chi connectivity index (χ2n) is 4.37. The minimum Gasteiger partial charge on any atom is -0.358 e. The molecule has 0 aliphatic rings. The predicted octanol–water partition coefficient (Wildman–Crippen LogP) is 0.609. The molecule has 0 radical (unpaired) electrons. The number of benzene rings is 1. The number of hydrogen-bond donors (Lipinski definition) is 4. The highest BCUT2D eigenvalue weighted by molar-refractivity contribution is 7.89. The van der Waals surface area contributed by atoms with Crippen LogP contribution in [-0.4, -0.2) is 25.0 Å². The minimum atomic E-state index is -4.03. The van der Waals surface area contributed by atoms with Crippen molar-refractivity contribution >= 4 is 38.7 Å². The van der Waals surface area contributed by atoms with Crippen LogP contribution in [0.3, 0.4) is 0 Å². The Balaban J connectivity index is 2.89. The van der Waals surface area contributed by atoms with Gasteiger partial charge < -0.3 is 5.32 Å². The molecule has 0 amide bonds. The highest BCUT2D eigenvalue weighted by Crippen LogP contribution is 2.26. The van der Waals surface area contributed by atoms with Crippen LogP contribution in [0.4, 0.5) is 11.4 Å². The largest absolute Gasteiger partial charge is 0.358 e. The molecule has 0 saturated heterocycles. The lowest BCUT2D eigenvalue weighted by Gasteiger charge is -2.13. The Hall–Kier alpha value is -2.24. The molecule has 22 heavy (non-hydrogen) atoms. The van der Waals surface area contributed by atoms with Crippen molar-refractivity contribution in [2.75, 3.05) is 12.0 Å². The zero-order valence-electron chi connectivity index (χ0n) is 11.6. The molecule has 0 spiro atoms. The number of nitrogens with zero attached hydrogens (tertiary/aromatic N) is 1. The molecular formula is C11H15N5O4S2. The number of rotatable bonds is 6. The van der Waals surface area contributed by atoms with Crippen molar-refractivity contribution < 1.29 is 13.3 Å². The average molecular weight is 345 g/mol. The first kappa shape index (κ1) is 17.8. The van der Waals surface area contributed by atoms with Crippen molar-refractivity contribution in [1.82, 2.24) is 10.7 Å². The topological polar surface area (TPSA) is 139 Å². The summed E-state index contributed by atoms with van der Waals surface area (Å²) in [6, 6.07) is 3.23. The van der Waals surface area contributed by atoms with E-state index in [0.29, 0.717) is 6.54 Å². The van der Waals surface area contributed by atoms with Gasteiger partial charge in [0.05, 0.1) is 9.82 Å². The van der Waals surface area contributed by atoms with E-state index in [1.54, 1.807) is 6.92 Å². The molecule has 0 heterocycles. The van der Waals surface area contributed by atoms with Gasteiger partial charge in [0.1, 0.15) is 5.69 Å². The SMILES string of the molecule is C=C(C)CNC(=S)NNc1ccc(S(N)(=O)=O)cc1[N+](=O)[O-]. The molecule has 0 bridgehead atoms. The highest BCUT2D eigenvalue weighted by atomic mass is 32.2. The van der Waals surface area contributed by atoms with E-state index in [1.807, 2.05) is 0 Å². The number of hydrazine groups is 1. The van der Waals surface area contributed by atoms with Crippen LogP contribution >= 0.6 is 12.2 Å². The van der Waals surface area contributed by atoms with E-state index in [2.05, 4.69) is 22.7 Å². The van der Waals surface area contributed by atoms with Gasteiger partial charge in [0.25, 0.3) is 5.69 Å². The fraction of sp³-hybridized carbons (Fsp3) is 0.182. The number of anilines is 1. The predicted molar refractivity (Wildman–Crippen MR) is 86.6 cm³/mol. The summed E-state index contributed by atoms with van der Waals surface area (Å²) in [6.07, 6.45) is 0. The first-order chi connectivity index (χ1) is 10.1. The molecule has 9 nitrogen and oxygen atoms in total. The molecule has 0 fully saturated rings. The zero-order chi connectivity index (χ0) is 16.9. The van der Waals surface area contributed by atoms with Crippen molar-refractivity contribution in [1.29, 1.82) is 0 Å². The van der Waals surface area contributed by atoms with Gasteiger partial charge in [-0.1, -0.05) is 12.2 Å². The van der Waals surface area contributed by atoms with Gasteiger partial charge in [-0.25, -0.2) is 13.6 Å². The average Bonchev–Trinajstić information content (AvgIpc) is 2.41. The Morgan fingerprint density at radius 1 is 1.50 bits per heavy atom. The maximum atomic E-state index is 11.2. The summed E-state index contributed by atoms with van der Waals surface area (Å²) in [5.41, 5.74) is 5.52. The van der Waals surface area contributed by atoms with Crippen LogP contribution in [0.1, 0.15) is 6.92 Å². The summed E-state index contributed by atoms with van der Waals surface area (Å²) in [5.74, 6) is 0. The second kappa shape index (κ2) is 7.15. The Morgan fingerprint density at radius 3 is 2.64 bits per heavy atom. The summed E-state index contributed by atoms with van der Waals surface area (Å²) >= 11 is 4.95. The van der Waals surface area contributed by atoms with Gasteiger partial charge in [-0.2, -0.15) is 0 Å². The molecule has 0 aliphatic carbocycles. The van der Waals surface area contributed by atoms with E-state index in [1.165, 1.54) is 6.07 Å². The van der Waals surface area contributed by atoms with Crippen molar-refractivity contribution in [3.05, 3.63) is 40.5 Å². The molecule has 0 unspecified atom stereocenters. The summed E-state index contributed by atoms with van der Waals surface area (Å²) in [4.78, 5) is 9.92. The van der Waals surface area contributed by atoms with Crippen LogP contribution in [0.25, 0.3) is 0 Å². The van der Waals surface area contributed by atoms with Crippen LogP contribution in [0.15, 0.2) is 35.2 Å². The Kier molecular flexibility index (Phi) is 5.79. The van der Waals surface area contributed by atoms with Gasteiger partial charge in [-0.05, 0) is 31.3 Å². The number of hydrogen-bond acceptors (Lipinski definition) is 6. The lowest BCUT2D eigenvalue weighted by atomic mass is 10.3. The van der Waals surface area contributed by atoms with Gasteiger partial charge in [-0.15, -0.1) is 0 Å². The summed E-state index contributed by atoms with van der Waals surface area (Å²) in [6.45, 7) is 5.94. The number of nitrogens with one attached hydrogen (secondary N) is 3. The number of nitro benzene ring substituents is 1. The van der Waals surface area contributed by atoms with Gasteiger partial charge in [-0.3, -0.25) is 21.0 Å². The number of primary sulfonamides is 1. The third-order valence-corrected chi connectivity index (χ3v) is 3.51. The molecule has 0 atom stereocenters.